The topological polar surface area (TPSA) is 40.5 Å². The monoisotopic (exact) mass is 196 g/mol. The van der Waals surface area contributed by atoms with Gasteiger partial charge < -0.3 is 10.2 Å². The molecule has 1 atom stereocenters. The largest absolute Gasteiger partial charge is 0.516 e. The first-order valence-electron chi connectivity index (χ1n) is 4.99. The van der Waals surface area contributed by atoms with Crippen molar-refractivity contribution in [3.05, 3.63) is 36.1 Å². The molecule has 0 fully saturated rings. The van der Waals surface area contributed by atoms with Gasteiger partial charge in [-0.05, 0) is 24.0 Å². The van der Waals surface area contributed by atoms with Crippen molar-refractivity contribution >= 4 is 0 Å². The van der Waals surface area contributed by atoms with Gasteiger partial charge in [-0.15, -0.1) is 0 Å². The molecule has 0 heterocycles. The van der Waals surface area contributed by atoms with Crippen LogP contribution in [0.3, 0.4) is 0 Å². The molecule has 0 amide bonds. The van der Waals surface area contributed by atoms with Crippen LogP contribution in [0.1, 0.15) is 27.2 Å². The Balaban J connectivity index is 4.62. The van der Waals surface area contributed by atoms with Gasteiger partial charge in [0.1, 0.15) is 0 Å². The minimum absolute atomic E-state index is 0.176. The molecule has 14 heavy (non-hydrogen) atoms. The molecule has 0 aliphatic heterocycles. The maximum atomic E-state index is 9.80. The molecular formula is C12H20O2. The van der Waals surface area contributed by atoms with Crippen LogP contribution >= 0.6 is 0 Å². The van der Waals surface area contributed by atoms with Crippen LogP contribution in [-0.2, 0) is 0 Å². The molecule has 0 radical (unpaired) electrons. The van der Waals surface area contributed by atoms with Gasteiger partial charge in [0, 0.05) is 0 Å². The van der Waals surface area contributed by atoms with E-state index in [1.165, 1.54) is 6.08 Å². The Labute approximate surface area is 86.3 Å². The van der Waals surface area contributed by atoms with Crippen molar-refractivity contribution in [2.24, 2.45) is 5.92 Å². The Kier molecular flexibility index (Phi) is 6.85. The molecule has 0 bridgehead atoms. The SMILES string of the molecule is CC\C=C/C(=C\C=C\O)C(O)C(C)C. The van der Waals surface area contributed by atoms with Gasteiger partial charge in [-0.2, -0.15) is 0 Å². The fraction of sp³-hybridized carbons (Fsp3) is 0.500. The fourth-order valence-electron chi connectivity index (χ4n) is 1.05. The zero-order chi connectivity index (χ0) is 11.0. The summed E-state index contributed by atoms with van der Waals surface area (Å²) in [6.45, 7) is 5.96. The minimum atomic E-state index is -0.478. The molecule has 0 rings (SSSR count). The molecule has 0 aliphatic rings. The van der Waals surface area contributed by atoms with Gasteiger partial charge in [-0.1, -0.05) is 39.0 Å². The van der Waals surface area contributed by atoms with Crippen molar-refractivity contribution < 1.29 is 10.2 Å². The Morgan fingerprint density at radius 2 is 2.00 bits per heavy atom. The van der Waals surface area contributed by atoms with Gasteiger partial charge in [-0.25, -0.2) is 0 Å². The first-order chi connectivity index (χ1) is 6.63. The molecule has 0 aromatic carbocycles. The summed E-state index contributed by atoms with van der Waals surface area (Å²) in [6.07, 6.45) is 8.54. The highest BCUT2D eigenvalue weighted by Crippen LogP contribution is 2.13. The summed E-state index contributed by atoms with van der Waals surface area (Å²) >= 11 is 0. The van der Waals surface area contributed by atoms with E-state index in [1.807, 2.05) is 32.9 Å². The molecule has 2 heteroatoms. The Morgan fingerprint density at radius 3 is 2.43 bits per heavy atom. The van der Waals surface area contributed by atoms with E-state index in [0.29, 0.717) is 0 Å². The maximum Gasteiger partial charge on any atom is 0.0812 e. The Hall–Kier alpha value is -1.02. The highest BCUT2D eigenvalue weighted by Gasteiger charge is 2.11. The quantitative estimate of drug-likeness (QED) is 0.524. The van der Waals surface area contributed by atoms with E-state index in [2.05, 4.69) is 0 Å². The highest BCUT2D eigenvalue weighted by atomic mass is 16.3. The summed E-state index contributed by atoms with van der Waals surface area (Å²) in [7, 11) is 0. The van der Waals surface area contributed by atoms with Crippen molar-refractivity contribution in [3.63, 3.8) is 0 Å². The number of hydrogen-bond donors (Lipinski definition) is 2. The van der Waals surface area contributed by atoms with Crippen molar-refractivity contribution in [1.82, 2.24) is 0 Å². The standard InChI is InChI=1S/C12H20O2/c1-4-5-7-11(8-6-9-13)12(14)10(2)3/h5-10,12-14H,4H2,1-3H3/b7-5-,9-6+,11-8+. The first kappa shape index (κ1) is 13.0. The molecular weight excluding hydrogens is 176 g/mol. The van der Waals surface area contributed by atoms with E-state index < -0.39 is 6.10 Å². The van der Waals surface area contributed by atoms with Crippen LogP contribution in [0, 0.1) is 5.92 Å². The van der Waals surface area contributed by atoms with Crippen LogP contribution in [0.15, 0.2) is 36.1 Å². The number of aliphatic hydroxyl groups excluding tert-OH is 2. The molecule has 0 saturated heterocycles. The van der Waals surface area contributed by atoms with Crippen molar-refractivity contribution in [1.29, 1.82) is 0 Å². The smallest absolute Gasteiger partial charge is 0.0812 e. The van der Waals surface area contributed by atoms with E-state index in [0.717, 1.165) is 18.3 Å². The van der Waals surface area contributed by atoms with E-state index in [1.54, 1.807) is 6.08 Å². The molecule has 2 N–H and O–H groups in total. The van der Waals surface area contributed by atoms with E-state index in [4.69, 9.17) is 5.11 Å². The Bertz CT molecular complexity index is 224. The average Bonchev–Trinajstić information content (AvgIpc) is 2.17. The Morgan fingerprint density at radius 1 is 1.36 bits per heavy atom. The summed E-state index contributed by atoms with van der Waals surface area (Å²) in [6, 6.07) is 0. The zero-order valence-corrected chi connectivity index (χ0v) is 9.14. The summed E-state index contributed by atoms with van der Waals surface area (Å²) in [5, 5.41) is 18.3. The molecule has 80 valence electrons. The second-order valence-corrected chi connectivity index (χ2v) is 3.51. The number of rotatable bonds is 5. The molecule has 0 spiro atoms. The first-order valence-corrected chi connectivity index (χ1v) is 4.99. The lowest BCUT2D eigenvalue weighted by Gasteiger charge is -2.15. The molecule has 1 unspecified atom stereocenters. The number of hydrogen-bond acceptors (Lipinski definition) is 2. The second-order valence-electron chi connectivity index (χ2n) is 3.51. The molecule has 2 nitrogen and oxygen atoms in total. The van der Waals surface area contributed by atoms with E-state index >= 15 is 0 Å². The van der Waals surface area contributed by atoms with Gasteiger partial charge in [0.15, 0.2) is 0 Å². The van der Waals surface area contributed by atoms with Crippen LogP contribution in [0.25, 0.3) is 0 Å². The van der Waals surface area contributed by atoms with Gasteiger partial charge in [-0.3, -0.25) is 0 Å². The second kappa shape index (κ2) is 7.39. The third-order valence-electron chi connectivity index (χ3n) is 1.89. The predicted octanol–water partition coefficient (Wildman–Crippen LogP) is 2.97. The zero-order valence-electron chi connectivity index (χ0n) is 9.14. The van der Waals surface area contributed by atoms with Crippen LogP contribution in [0.4, 0.5) is 0 Å². The molecule has 0 aromatic rings. The predicted molar refractivity (Wildman–Crippen MR) is 60.1 cm³/mol. The minimum Gasteiger partial charge on any atom is -0.516 e. The summed E-state index contributed by atoms with van der Waals surface area (Å²) in [4.78, 5) is 0. The van der Waals surface area contributed by atoms with E-state index in [9.17, 15) is 5.11 Å². The molecule has 0 aromatic heterocycles. The summed E-state index contributed by atoms with van der Waals surface area (Å²) < 4.78 is 0. The third kappa shape index (κ3) is 4.87. The molecule has 0 aliphatic carbocycles. The van der Waals surface area contributed by atoms with Crippen molar-refractivity contribution in [2.45, 2.75) is 33.3 Å². The lowest BCUT2D eigenvalue weighted by molar-refractivity contribution is 0.164. The van der Waals surface area contributed by atoms with Crippen molar-refractivity contribution in [3.8, 4) is 0 Å². The summed E-state index contributed by atoms with van der Waals surface area (Å²) in [5.41, 5.74) is 0.826. The molecule has 0 saturated carbocycles. The lowest BCUT2D eigenvalue weighted by atomic mass is 9.98. The van der Waals surface area contributed by atoms with E-state index in [-0.39, 0.29) is 5.92 Å². The van der Waals surface area contributed by atoms with Gasteiger partial charge in [0.2, 0.25) is 0 Å². The van der Waals surface area contributed by atoms with Crippen LogP contribution < -0.4 is 0 Å². The van der Waals surface area contributed by atoms with Gasteiger partial charge in [0.25, 0.3) is 0 Å². The van der Waals surface area contributed by atoms with Crippen LogP contribution in [-0.4, -0.2) is 16.3 Å². The van der Waals surface area contributed by atoms with Crippen LogP contribution in [0.2, 0.25) is 0 Å². The highest BCUT2D eigenvalue weighted by molar-refractivity contribution is 5.27. The van der Waals surface area contributed by atoms with Crippen molar-refractivity contribution in [2.75, 3.05) is 0 Å². The maximum absolute atomic E-state index is 9.80. The van der Waals surface area contributed by atoms with Gasteiger partial charge in [0.05, 0.1) is 12.4 Å². The average molecular weight is 196 g/mol. The lowest BCUT2D eigenvalue weighted by Crippen LogP contribution is -2.16. The fourth-order valence-corrected chi connectivity index (χ4v) is 1.05. The summed E-state index contributed by atoms with van der Waals surface area (Å²) in [5.74, 6) is 0.176. The van der Waals surface area contributed by atoms with Gasteiger partial charge >= 0.3 is 0 Å². The normalized spacial score (nSPS) is 15.9. The van der Waals surface area contributed by atoms with Crippen LogP contribution in [0.5, 0.6) is 0 Å². The number of aliphatic hydroxyl groups is 2. The third-order valence-corrected chi connectivity index (χ3v) is 1.89. The number of allylic oxidation sites excluding steroid dienone is 3.